The summed E-state index contributed by atoms with van der Waals surface area (Å²) in [5, 5.41) is 7.22. The van der Waals surface area contributed by atoms with Gasteiger partial charge in [-0.2, -0.15) is 0 Å². The highest BCUT2D eigenvalue weighted by Crippen LogP contribution is 2.32. The summed E-state index contributed by atoms with van der Waals surface area (Å²) in [6.45, 7) is 3.18. The summed E-state index contributed by atoms with van der Waals surface area (Å²) in [6, 6.07) is 8.74. The average Bonchev–Trinajstić information content (AvgIpc) is 3.07. The van der Waals surface area contributed by atoms with Gasteiger partial charge < -0.3 is 9.88 Å². The maximum absolute atomic E-state index is 4.54. The minimum atomic E-state index is 0.158. The van der Waals surface area contributed by atoms with Gasteiger partial charge in [0.2, 0.25) is 0 Å². The molecule has 4 heteroatoms. The number of rotatable bonds is 5. The summed E-state index contributed by atoms with van der Waals surface area (Å²) >= 11 is 1.80. The van der Waals surface area contributed by atoms with Crippen molar-refractivity contribution in [2.45, 2.75) is 19.4 Å². The van der Waals surface area contributed by atoms with Gasteiger partial charge in [-0.15, -0.1) is 11.3 Å². The van der Waals surface area contributed by atoms with Crippen molar-refractivity contribution in [2.24, 2.45) is 7.05 Å². The fraction of sp³-hybridized carbons (Fsp3) is 0.312. The molecule has 0 saturated carbocycles. The van der Waals surface area contributed by atoms with E-state index in [0.29, 0.717) is 0 Å². The minimum Gasteiger partial charge on any atom is -0.336 e. The van der Waals surface area contributed by atoms with Crippen molar-refractivity contribution in [1.82, 2.24) is 14.9 Å². The predicted molar refractivity (Wildman–Crippen MR) is 85.2 cm³/mol. The molecule has 0 spiro atoms. The molecule has 3 aromatic rings. The third-order valence-electron chi connectivity index (χ3n) is 3.54. The summed E-state index contributed by atoms with van der Waals surface area (Å²) in [4.78, 5) is 4.54. The van der Waals surface area contributed by atoms with Gasteiger partial charge >= 0.3 is 0 Å². The van der Waals surface area contributed by atoms with Crippen LogP contribution >= 0.6 is 11.3 Å². The van der Waals surface area contributed by atoms with Gasteiger partial charge in [0.1, 0.15) is 5.82 Å². The van der Waals surface area contributed by atoms with Crippen LogP contribution in [0.15, 0.2) is 42.0 Å². The third kappa shape index (κ3) is 2.37. The third-order valence-corrected chi connectivity index (χ3v) is 4.52. The van der Waals surface area contributed by atoms with Crippen molar-refractivity contribution < 1.29 is 0 Å². The Labute approximate surface area is 123 Å². The van der Waals surface area contributed by atoms with Crippen molar-refractivity contribution in [3.05, 3.63) is 53.4 Å². The molecular formula is C16H19N3S. The van der Waals surface area contributed by atoms with Gasteiger partial charge in [-0.25, -0.2) is 4.98 Å². The highest BCUT2D eigenvalue weighted by molar-refractivity contribution is 7.17. The second-order valence-corrected chi connectivity index (χ2v) is 5.88. The molecule has 2 aromatic heterocycles. The number of imidazole rings is 1. The molecule has 0 aliphatic carbocycles. The molecule has 0 amide bonds. The number of benzene rings is 1. The summed E-state index contributed by atoms with van der Waals surface area (Å²) < 4.78 is 3.43. The molecule has 0 bridgehead atoms. The summed E-state index contributed by atoms with van der Waals surface area (Å²) in [6.07, 6.45) is 4.98. The molecule has 0 radical (unpaired) electrons. The monoisotopic (exact) mass is 285 g/mol. The molecule has 3 nitrogen and oxygen atoms in total. The lowest BCUT2D eigenvalue weighted by molar-refractivity contribution is 0.559. The number of hydrogen-bond donors (Lipinski definition) is 1. The number of nitrogens with zero attached hydrogens (tertiary/aromatic N) is 2. The first-order valence-electron chi connectivity index (χ1n) is 6.98. The Hall–Kier alpha value is -1.65. The quantitative estimate of drug-likeness (QED) is 0.774. The second-order valence-electron chi connectivity index (χ2n) is 4.97. The molecule has 20 heavy (non-hydrogen) atoms. The van der Waals surface area contributed by atoms with E-state index in [2.05, 4.69) is 58.5 Å². The molecule has 0 aliphatic heterocycles. The Kier molecular flexibility index (Phi) is 3.85. The van der Waals surface area contributed by atoms with Crippen LogP contribution in [-0.4, -0.2) is 16.1 Å². The Balaban J connectivity index is 2.07. The van der Waals surface area contributed by atoms with E-state index < -0.39 is 0 Å². The van der Waals surface area contributed by atoms with E-state index in [1.807, 2.05) is 12.4 Å². The number of aryl methyl sites for hydroxylation is 1. The first kappa shape index (κ1) is 13.3. The second kappa shape index (κ2) is 5.77. The highest BCUT2D eigenvalue weighted by Gasteiger charge is 2.20. The standard InChI is InChI=1S/C16H19N3S/c1-3-8-17-15(16-18-9-10-19(16)2)13-11-20-14-7-5-4-6-12(13)14/h4-7,9-11,15,17H,3,8H2,1-2H3. The van der Waals surface area contributed by atoms with E-state index in [1.54, 1.807) is 11.3 Å². The van der Waals surface area contributed by atoms with Crippen LogP contribution in [0.25, 0.3) is 10.1 Å². The lowest BCUT2D eigenvalue weighted by Gasteiger charge is -2.18. The van der Waals surface area contributed by atoms with Crippen LogP contribution in [0, 0.1) is 0 Å². The highest BCUT2D eigenvalue weighted by atomic mass is 32.1. The average molecular weight is 285 g/mol. The van der Waals surface area contributed by atoms with Crippen LogP contribution in [0.1, 0.15) is 30.8 Å². The fourth-order valence-corrected chi connectivity index (χ4v) is 3.49. The minimum absolute atomic E-state index is 0.158. The summed E-state index contributed by atoms with van der Waals surface area (Å²) in [5.74, 6) is 1.07. The number of aromatic nitrogens is 2. The van der Waals surface area contributed by atoms with E-state index >= 15 is 0 Å². The van der Waals surface area contributed by atoms with E-state index in [-0.39, 0.29) is 6.04 Å². The summed E-state index contributed by atoms with van der Waals surface area (Å²) in [7, 11) is 2.05. The SMILES string of the molecule is CCCNC(c1csc2ccccc12)c1nccn1C. The molecule has 0 aliphatic rings. The van der Waals surface area contributed by atoms with Gasteiger partial charge in [-0.1, -0.05) is 25.1 Å². The van der Waals surface area contributed by atoms with Crippen molar-refractivity contribution in [1.29, 1.82) is 0 Å². The van der Waals surface area contributed by atoms with Crippen LogP contribution < -0.4 is 5.32 Å². The van der Waals surface area contributed by atoms with Crippen molar-refractivity contribution >= 4 is 21.4 Å². The smallest absolute Gasteiger partial charge is 0.130 e. The predicted octanol–water partition coefficient (Wildman–Crippen LogP) is 3.72. The number of fused-ring (bicyclic) bond motifs is 1. The van der Waals surface area contributed by atoms with E-state index in [4.69, 9.17) is 0 Å². The first-order chi connectivity index (χ1) is 9.81. The molecular weight excluding hydrogens is 266 g/mol. The first-order valence-corrected chi connectivity index (χ1v) is 7.86. The molecule has 0 fully saturated rings. The molecule has 0 saturated heterocycles. The van der Waals surface area contributed by atoms with Crippen LogP contribution in [0.5, 0.6) is 0 Å². The Morgan fingerprint density at radius 2 is 2.20 bits per heavy atom. The number of nitrogens with one attached hydrogen (secondary N) is 1. The van der Waals surface area contributed by atoms with Crippen LogP contribution in [0.3, 0.4) is 0 Å². The Bertz CT molecular complexity index is 698. The van der Waals surface area contributed by atoms with Crippen LogP contribution in [0.4, 0.5) is 0 Å². The van der Waals surface area contributed by atoms with Gasteiger partial charge in [0, 0.05) is 24.1 Å². The zero-order valence-corrected chi connectivity index (χ0v) is 12.7. The molecule has 1 aromatic carbocycles. The van der Waals surface area contributed by atoms with Crippen molar-refractivity contribution in [3.63, 3.8) is 0 Å². The molecule has 2 heterocycles. The molecule has 3 rings (SSSR count). The Morgan fingerprint density at radius 3 is 2.95 bits per heavy atom. The molecule has 1 unspecified atom stereocenters. The van der Waals surface area contributed by atoms with Crippen molar-refractivity contribution in [2.75, 3.05) is 6.54 Å². The maximum Gasteiger partial charge on any atom is 0.130 e. The van der Waals surface area contributed by atoms with Crippen molar-refractivity contribution in [3.8, 4) is 0 Å². The van der Waals surface area contributed by atoms with Gasteiger partial charge in [0.05, 0.1) is 6.04 Å². The molecule has 1 N–H and O–H groups in total. The van der Waals surface area contributed by atoms with E-state index in [1.165, 1.54) is 15.6 Å². The molecule has 104 valence electrons. The maximum atomic E-state index is 4.54. The van der Waals surface area contributed by atoms with Gasteiger partial charge in [0.15, 0.2) is 0 Å². The number of thiophene rings is 1. The zero-order valence-electron chi connectivity index (χ0n) is 11.8. The van der Waals surface area contributed by atoms with Crippen LogP contribution in [-0.2, 0) is 7.05 Å². The van der Waals surface area contributed by atoms with E-state index in [0.717, 1.165) is 18.8 Å². The fourth-order valence-electron chi connectivity index (χ4n) is 2.51. The Morgan fingerprint density at radius 1 is 1.35 bits per heavy atom. The normalized spacial score (nSPS) is 12.9. The van der Waals surface area contributed by atoms with Gasteiger partial charge in [0.25, 0.3) is 0 Å². The van der Waals surface area contributed by atoms with E-state index in [9.17, 15) is 0 Å². The largest absolute Gasteiger partial charge is 0.336 e. The van der Waals surface area contributed by atoms with Crippen LogP contribution in [0.2, 0.25) is 0 Å². The number of hydrogen-bond acceptors (Lipinski definition) is 3. The molecule has 1 atom stereocenters. The van der Waals surface area contributed by atoms with Gasteiger partial charge in [-0.05, 0) is 35.4 Å². The summed E-state index contributed by atoms with van der Waals surface area (Å²) in [5.41, 5.74) is 1.33. The zero-order chi connectivity index (χ0) is 13.9. The van der Waals surface area contributed by atoms with Gasteiger partial charge in [-0.3, -0.25) is 0 Å². The lowest BCUT2D eigenvalue weighted by Crippen LogP contribution is -2.25. The topological polar surface area (TPSA) is 29.9 Å². The lowest BCUT2D eigenvalue weighted by atomic mass is 10.0.